The minimum atomic E-state index is -0.0791. The summed E-state index contributed by atoms with van der Waals surface area (Å²) in [5.74, 6) is 0.770. The van der Waals surface area contributed by atoms with Gasteiger partial charge in [-0.05, 0) is 44.3 Å². The number of halogens is 2. The van der Waals surface area contributed by atoms with Crippen LogP contribution in [0.5, 0.6) is 0 Å². The maximum Gasteiger partial charge on any atom is 0.317 e. The van der Waals surface area contributed by atoms with Crippen LogP contribution in [-0.4, -0.2) is 65.9 Å². The summed E-state index contributed by atoms with van der Waals surface area (Å²) < 4.78 is 2.12. The van der Waals surface area contributed by atoms with E-state index in [4.69, 9.17) is 0 Å². The van der Waals surface area contributed by atoms with Crippen molar-refractivity contribution in [1.82, 2.24) is 30.2 Å². The number of hydrogen-bond donors (Lipinski definition) is 2. The molecule has 2 aliphatic rings. The Morgan fingerprint density at radius 2 is 2.15 bits per heavy atom. The summed E-state index contributed by atoms with van der Waals surface area (Å²) in [6, 6.07) is 2.07. The van der Waals surface area contributed by atoms with E-state index in [9.17, 15) is 4.79 Å². The molecule has 7 nitrogen and oxygen atoms in total. The molecular formula is C17H32Cl2N6O. The largest absolute Gasteiger partial charge is 0.332 e. The molecule has 1 atom stereocenters. The van der Waals surface area contributed by atoms with Crippen LogP contribution in [0.1, 0.15) is 30.7 Å². The third-order valence-electron chi connectivity index (χ3n) is 4.89. The molecule has 2 N–H and O–H groups in total. The third kappa shape index (κ3) is 6.30. The molecule has 0 saturated carbocycles. The fourth-order valence-corrected chi connectivity index (χ4v) is 3.60. The van der Waals surface area contributed by atoms with Gasteiger partial charge in [-0.1, -0.05) is 0 Å². The first-order chi connectivity index (χ1) is 11.6. The second-order valence-electron chi connectivity index (χ2n) is 7.20. The van der Waals surface area contributed by atoms with Crippen LogP contribution in [0, 0.1) is 5.92 Å². The van der Waals surface area contributed by atoms with Crippen molar-refractivity contribution in [3.8, 4) is 0 Å². The van der Waals surface area contributed by atoms with Gasteiger partial charge in [-0.15, -0.1) is 24.8 Å². The fourth-order valence-electron chi connectivity index (χ4n) is 3.60. The van der Waals surface area contributed by atoms with Gasteiger partial charge in [0.05, 0.1) is 17.9 Å². The lowest BCUT2D eigenvalue weighted by molar-refractivity contribution is 0.203. The molecule has 0 radical (unpaired) electrons. The number of carbonyl (C=O) groups excluding carboxylic acids is 1. The highest BCUT2D eigenvalue weighted by molar-refractivity contribution is 5.85. The van der Waals surface area contributed by atoms with Crippen molar-refractivity contribution in [2.24, 2.45) is 5.92 Å². The Morgan fingerprint density at radius 3 is 2.85 bits per heavy atom. The average Bonchev–Trinajstić information content (AvgIpc) is 2.85. The summed E-state index contributed by atoms with van der Waals surface area (Å²) in [5.41, 5.74) is 2.21. The van der Waals surface area contributed by atoms with Crippen LogP contribution in [0.25, 0.3) is 0 Å². The van der Waals surface area contributed by atoms with Crippen molar-refractivity contribution in [2.75, 3.05) is 40.3 Å². The van der Waals surface area contributed by atoms with E-state index in [0.29, 0.717) is 6.54 Å². The normalized spacial score (nSPS) is 20.2. The Balaban J connectivity index is 0.00000169. The average molecular weight is 407 g/mol. The number of carbonyl (C=O) groups is 1. The molecule has 150 valence electrons. The lowest BCUT2D eigenvalue weighted by Crippen LogP contribution is -2.38. The van der Waals surface area contributed by atoms with E-state index in [2.05, 4.69) is 31.4 Å². The summed E-state index contributed by atoms with van der Waals surface area (Å²) >= 11 is 0. The molecule has 0 bridgehead atoms. The Kier molecular flexibility index (Phi) is 9.71. The van der Waals surface area contributed by atoms with Gasteiger partial charge in [-0.25, -0.2) is 4.79 Å². The molecule has 0 aliphatic carbocycles. The molecule has 1 aromatic heterocycles. The topological polar surface area (TPSA) is 65.4 Å². The van der Waals surface area contributed by atoms with Crippen molar-refractivity contribution < 1.29 is 4.79 Å². The van der Waals surface area contributed by atoms with E-state index in [-0.39, 0.29) is 30.8 Å². The predicted octanol–water partition coefficient (Wildman–Crippen LogP) is 1.70. The van der Waals surface area contributed by atoms with Gasteiger partial charge < -0.3 is 15.5 Å². The maximum atomic E-state index is 11.7. The minimum absolute atomic E-state index is 0. The SMILES string of the molecule is CN(C)C(=O)NCc1cc2n(n1)CCCN(CC1CCCNC1)C2.Cl.Cl. The molecule has 2 aliphatic heterocycles. The molecule has 0 spiro atoms. The number of nitrogens with zero attached hydrogens (tertiary/aromatic N) is 4. The van der Waals surface area contributed by atoms with Crippen molar-refractivity contribution >= 4 is 30.8 Å². The van der Waals surface area contributed by atoms with Crippen molar-refractivity contribution in [2.45, 2.75) is 38.9 Å². The Bertz CT molecular complexity index is 559. The van der Waals surface area contributed by atoms with Gasteiger partial charge in [0, 0.05) is 40.3 Å². The van der Waals surface area contributed by atoms with Crippen molar-refractivity contribution in [3.63, 3.8) is 0 Å². The molecule has 3 rings (SSSR count). The molecule has 1 saturated heterocycles. The number of aromatic nitrogens is 2. The highest BCUT2D eigenvalue weighted by Crippen LogP contribution is 2.18. The number of rotatable bonds is 4. The lowest BCUT2D eigenvalue weighted by Gasteiger charge is -2.29. The predicted molar refractivity (Wildman–Crippen MR) is 108 cm³/mol. The number of fused-ring (bicyclic) bond motifs is 1. The molecular weight excluding hydrogens is 375 g/mol. The summed E-state index contributed by atoms with van der Waals surface area (Å²) in [5, 5.41) is 11.1. The van der Waals surface area contributed by atoms with Crippen LogP contribution in [0.4, 0.5) is 4.79 Å². The molecule has 3 heterocycles. The number of hydrogen-bond acceptors (Lipinski definition) is 4. The van der Waals surface area contributed by atoms with Crippen LogP contribution >= 0.6 is 24.8 Å². The first-order valence-corrected chi connectivity index (χ1v) is 9.05. The quantitative estimate of drug-likeness (QED) is 0.798. The van der Waals surface area contributed by atoms with Gasteiger partial charge in [-0.3, -0.25) is 9.58 Å². The zero-order valence-electron chi connectivity index (χ0n) is 15.7. The molecule has 9 heteroatoms. The Labute approximate surface area is 168 Å². The number of nitrogens with one attached hydrogen (secondary N) is 2. The molecule has 1 fully saturated rings. The van der Waals surface area contributed by atoms with Crippen molar-refractivity contribution in [1.29, 1.82) is 0 Å². The molecule has 26 heavy (non-hydrogen) atoms. The molecule has 2 amide bonds. The standard InChI is InChI=1S/C17H30N6O.2ClH/c1-21(2)17(24)19-11-15-9-16-13-22(7-4-8-23(16)20-15)12-14-5-3-6-18-10-14;;/h9,14,18H,3-8,10-13H2,1-2H3,(H,19,24);2*1H. The van der Waals surface area contributed by atoms with E-state index < -0.39 is 0 Å². The zero-order chi connectivity index (χ0) is 16.9. The zero-order valence-corrected chi connectivity index (χ0v) is 17.4. The van der Waals surface area contributed by atoms with Gasteiger partial charge >= 0.3 is 6.03 Å². The van der Waals surface area contributed by atoms with Gasteiger partial charge in [0.15, 0.2) is 0 Å². The highest BCUT2D eigenvalue weighted by Gasteiger charge is 2.21. The van der Waals surface area contributed by atoms with Crippen molar-refractivity contribution in [3.05, 3.63) is 17.5 Å². The summed E-state index contributed by atoms with van der Waals surface area (Å²) in [7, 11) is 3.49. The van der Waals surface area contributed by atoms with Crippen LogP contribution in [-0.2, 0) is 19.6 Å². The molecule has 1 unspecified atom stereocenters. The third-order valence-corrected chi connectivity index (χ3v) is 4.89. The Hall–Kier alpha value is -1.02. The van der Waals surface area contributed by atoms with Gasteiger partial charge in [0.2, 0.25) is 0 Å². The van der Waals surface area contributed by atoms with E-state index in [1.165, 1.54) is 31.6 Å². The fraction of sp³-hybridized carbons (Fsp3) is 0.765. The van der Waals surface area contributed by atoms with Gasteiger partial charge in [-0.2, -0.15) is 5.10 Å². The maximum absolute atomic E-state index is 11.7. The Morgan fingerprint density at radius 1 is 1.35 bits per heavy atom. The molecule has 0 aromatic carbocycles. The minimum Gasteiger partial charge on any atom is -0.332 e. The van der Waals surface area contributed by atoms with E-state index in [1.807, 2.05) is 0 Å². The second-order valence-corrected chi connectivity index (χ2v) is 7.20. The summed E-state index contributed by atoms with van der Waals surface area (Å²) in [6.45, 7) is 7.06. The lowest BCUT2D eigenvalue weighted by atomic mass is 9.99. The van der Waals surface area contributed by atoms with E-state index in [1.54, 1.807) is 19.0 Å². The number of urea groups is 1. The van der Waals surface area contributed by atoms with Gasteiger partial charge in [0.25, 0.3) is 0 Å². The summed E-state index contributed by atoms with van der Waals surface area (Å²) in [4.78, 5) is 15.8. The number of aryl methyl sites for hydroxylation is 1. The first kappa shape index (κ1) is 23.0. The number of piperidine rings is 1. The van der Waals surface area contributed by atoms with Crippen LogP contribution in [0.15, 0.2) is 6.07 Å². The molecule has 1 aromatic rings. The van der Waals surface area contributed by atoms with E-state index in [0.717, 1.165) is 44.2 Å². The first-order valence-electron chi connectivity index (χ1n) is 9.05. The van der Waals surface area contributed by atoms with E-state index >= 15 is 0 Å². The second kappa shape index (κ2) is 11.0. The van der Waals surface area contributed by atoms with Crippen LogP contribution < -0.4 is 10.6 Å². The number of amides is 2. The highest BCUT2D eigenvalue weighted by atomic mass is 35.5. The summed E-state index contributed by atoms with van der Waals surface area (Å²) in [6.07, 6.45) is 3.77. The van der Waals surface area contributed by atoms with Crippen LogP contribution in [0.3, 0.4) is 0 Å². The monoisotopic (exact) mass is 406 g/mol. The van der Waals surface area contributed by atoms with Crippen LogP contribution in [0.2, 0.25) is 0 Å². The smallest absolute Gasteiger partial charge is 0.317 e. The van der Waals surface area contributed by atoms with Gasteiger partial charge in [0.1, 0.15) is 0 Å².